The normalized spacial score (nSPS) is 11.0. The Bertz CT molecular complexity index is 637. The Labute approximate surface area is 136 Å². The summed E-state index contributed by atoms with van der Waals surface area (Å²) in [4.78, 5) is 4.26. The van der Waals surface area contributed by atoms with Crippen LogP contribution >= 0.6 is 27.5 Å². The lowest BCUT2D eigenvalue weighted by atomic mass is 10.3. The first-order valence-corrected chi connectivity index (χ1v) is 7.63. The molecule has 0 radical (unpaired) electrons. The van der Waals surface area contributed by atoms with Gasteiger partial charge < -0.3 is 10.1 Å². The fraction of sp³-hybridized carbons (Fsp3) is 0.267. The molecule has 2 aromatic rings. The molecular formula is C15H15BrClFN2O. The molecule has 0 aliphatic rings. The Kier molecular flexibility index (Phi) is 5.56. The third-order valence-corrected chi connectivity index (χ3v) is 3.59. The van der Waals surface area contributed by atoms with Gasteiger partial charge in [0.1, 0.15) is 17.3 Å². The Balaban J connectivity index is 2.16. The number of pyridine rings is 1. The Hall–Kier alpha value is -1.17. The molecule has 0 aliphatic heterocycles. The van der Waals surface area contributed by atoms with Crippen LogP contribution in [0.4, 0.5) is 4.39 Å². The zero-order valence-electron chi connectivity index (χ0n) is 11.7. The predicted molar refractivity (Wildman–Crippen MR) is 85.4 cm³/mol. The summed E-state index contributed by atoms with van der Waals surface area (Å²) in [5.74, 6) is 0.435. The zero-order valence-corrected chi connectivity index (χ0v) is 14.0. The molecule has 1 aromatic carbocycles. The minimum Gasteiger partial charge on any atom is -0.456 e. The van der Waals surface area contributed by atoms with Crippen molar-refractivity contribution in [2.24, 2.45) is 0 Å². The SMILES string of the molecule is CC(C)NCc1cc(Oc2cc(F)c(Cl)cc2Br)ccn1. The van der Waals surface area contributed by atoms with Crippen molar-refractivity contribution in [1.82, 2.24) is 10.3 Å². The second kappa shape index (κ2) is 7.20. The van der Waals surface area contributed by atoms with Crippen molar-refractivity contribution in [3.8, 4) is 11.5 Å². The minimum absolute atomic E-state index is 0.0470. The number of benzene rings is 1. The first-order valence-electron chi connectivity index (χ1n) is 6.46. The molecule has 0 fully saturated rings. The lowest BCUT2D eigenvalue weighted by molar-refractivity contribution is 0.471. The van der Waals surface area contributed by atoms with E-state index >= 15 is 0 Å². The van der Waals surface area contributed by atoms with Gasteiger partial charge in [0.2, 0.25) is 0 Å². The molecule has 0 atom stereocenters. The molecule has 6 heteroatoms. The van der Waals surface area contributed by atoms with Crippen LogP contribution in [0.5, 0.6) is 11.5 Å². The van der Waals surface area contributed by atoms with Crippen LogP contribution in [0.3, 0.4) is 0 Å². The van der Waals surface area contributed by atoms with Gasteiger partial charge in [0.15, 0.2) is 0 Å². The number of nitrogens with zero attached hydrogens (tertiary/aromatic N) is 1. The van der Waals surface area contributed by atoms with Crippen LogP contribution in [-0.2, 0) is 6.54 Å². The van der Waals surface area contributed by atoms with Crippen LogP contribution in [0.1, 0.15) is 19.5 Å². The van der Waals surface area contributed by atoms with Gasteiger partial charge in [-0.2, -0.15) is 0 Å². The number of hydrogen-bond donors (Lipinski definition) is 1. The second-order valence-corrected chi connectivity index (χ2v) is 6.08. The highest BCUT2D eigenvalue weighted by Gasteiger charge is 2.09. The summed E-state index contributed by atoms with van der Waals surface area (Å²) in [6.45, 7) is 4.77. The maximum Gasteiger partial charge on any atom is 0.145 e. The molecule has 21 heavy (non-hydrogen) atoms. The summed E-state index contributed by atoms with van der Waals surface area (Å²) in [6.07, 6.45) is 1.66. The van der Waals surface area contributed by atoms with E-state index in [9.17, 15) is 4.39 Å². The van der Waals surface area contributed by atoms with Crippen LogP contribution in [0.25, 0.3) is 0 Å². The monoisotopic (exact) mass is 372 g/mol. The van der Waals surface area contributed by atoms with Gasteiger partial charge in [-0.25, -0.2) is 4.39 Å². The third kappa shape index (κ3) is 4.66. The maximum atomic E-state index is 13.5. The molecule has 1 aromatic heterocycles. The van der Waals surface area contributed by atoms with Crippen molar-refractivity contribution >= 4 is 27.5 Å². The zero-order chi connectivity index (χ0) is 15.4. The van der Waals surface area contributed by atoms with E-state index in [4.69, 9.17) is 16.3 Å². The highest BCUT2D eigenvalue weighted by Crippen LogP contribution is 2.33. The van der Waals surface area contributed by atoms with Gasteiger partial charge in [0, 0.05) is 30.9 Å². The van der Waals surface area contributed by atoms with E-state index in [1.165, 1.54) is 12.1 Å². The number of rotatable bonds is 5. The van der Waals surface area contributed by atoms with Crippen molar-refractivity contribution in [2.45, 2.75) is 26.4 Å². The standard InChI is InChI=1S/C15H15BrClFN2O/c1-9(2)20-8-10-5-11(3-4-19-10)21-15-7-14(18)13(17)6-12(15)16/h3-7,9,20H,8H2,1-2H3. The average Bonchev–Trinajstić information content (AvgIpc) is 2.43. The lowest BCUT2D eigenvalue weighted by Gasteiger charge is -2.11. The van der Waals surface area contributed by atoms with Gasteiger partial charge in [0.25, 0.3) is 0 Å². The quantitative estimate of drug-likeness (QED) is 0.755. The third-order valence-electron chi connectivity index (χ3n) is 2.68. The van der Waals surface area contributed by atoms with Crippen molar-refractivity contribution in [3.05, 3.63) is 51.5 Å². The molecule has 1 N–H and O–H groups in total. The van der Waals surface area contributed by atoms with E-state index in [0.29, 0.717) is 28.6 Å². The molecule has 0 spiro atoms. The molecule has 112 valence electrons. The number of aromatic nitrogens is 1. The van der Waals surface area contributed by atoms with E-state index in [2.05, 4.69) is 40.1 Å². The van der Waals surface area contributed by atoms with Crippen LogP contribution in [-0.4, -0.2) is 11.0 Å². The fourth-order valence-electron chi connectivity index (χ4n) is 1.63. The number of nitrogens with one attached hydrogen (secondary N) is 1. The summed E-state index contributed by atoms with van der Waals surface area (Å²) >= 11 is 9.01. The van der Waals surface area contributed by atoms with E-state index in [-0.39, 0.29) is 5.02 Å². The van der Waals surface area contributed by atoms with Gasteiger partial charge in [-0.05, 0) is 28.1 Å². The first kappa shape index (κ1) is 16.2. The molecule has 0 aliphatic carbocycles. The first-order chi connectivity index (χ1) is 9.95. The number of halogens is 3. The maximum absolute atomic E-state index is 13.5. The molecule has 0 unspecified atom stereocenters. The summed E-state index contributed by atoms with van der Waals surface area (Å²) in [6, 6.07) is 6.62. The van der Waals surface area contributed by atoms with E-state index in [1.54, 1.807) is 12.3 Å². The smallest absolute Gasteiger partial charge is 0.145 e. The number of hydrogen-bond acceptors (Lipinski definition) is 3. The summed E-state index contributed by atoms with van der Waals surface area (Å²) in [5, 5.41) is 3.32. The van der Waals surface area contributed by atoms with E-state index in [1.807, 2.05) is 6.07 Å². The fourth-order valence-corrected chi connectivity index (χ4v) is 2.35. The van der Waals surface area contributed by atoms with Crippen LogP contribution in [0.2, 0.25) is 5.02 Å². The van der Waals surface area contributed by atoms with Gasteiger partial charge in [-0.3, -0.25) is 4.98 Å². The van der Waals surface area contributed by atoms with Crippen molar-refractivity contribution < 1.29 is 9.13 Å². The topological polar surface area (TPSA) is 34.1 Å². The largest absolute Gasteiger partial charge is 0.456 e. The molecule has 1 heterocycles. The minimum atomic E-state index is -0.523. The molecule has 0 amide bonds. The molecule has 3 nitrogen and oxygen atoms in total. The predicted octanol–water partition coefficient (Wildman–Crippen LogP) is 4.93. The average molecular weight is 374 g/mol. The summed E-state index contributed by atoms with van der Waals surface area (Å²) < 4.78 is 19.8. The van der Waals surface area contributed by atoms with E-state index < -0.39 is 5.82 Å². The van der Waals surface area contributed by atoms with E-state index in [0.717, 1.165) is 5.69 Å². The van der Waals surface area contributed by atoms with Crippen LogP contribution < -0.4 is 10.1 Å². The van der Waals surface area contributed by atoms with Gasteiger partial charge in [0.05, 0.1) is 15.2 Å². The summed E-state index contributed by atoms with van der Waals surface area (Å²) in [7, 11) is 0. The Morgan fingerprint density at radius 2 is 2.14 bits per heavy atom. The van der Waals surface area contributed by atoms with Crippen LogP contribution in [0.15, 0.2) is 34.9 Å². The molecule has 2 rings (SSSR count). The molecule has 0 saturated carbocycles. The van der Waals surface area contributed by atoms with Gasteiger partial charge >= 0.3 is 0 Å². The van der Waals surface area contributed by atoms with Crippen molar-refractivity contribution in [3.63, 3.8) is 0 Å². The highest BCUT2D eigenvalue weighted by atomic mass is 79.9. The van der Waals surface area contributed by atoms with Crippen molar-refractivity contribution in [1.29, 1.82) is 0 Å². The van der Waals surface area contributed by atoms with Crippen molar-refractivity contribution in [2.75, 3.05) is 0 Å². The molecular weight excluding hydrogens is 359 g/mol. The van der Waals surface area contributed by atoms with Crippen LogP contribution in [0, 0.1) is 5.82 Å². The lowest BCUT2D eigenvalue weighted by Crippen LogP contribution is -2.22. The van der Waals surface area contributed by atoms with Gasteiger partial charge in [-0.15, -0.1) is 0 Å². The molecule has 0 saturated heterocycles. The Morgan fingerprint density at radius 3 is 2.86 bits per heavy atom. The number of ether oxygens (including phenoxy) is 1. The summed E-state index contributed by atoms with van der Waals surface area (Å²) in [5.41, 5.74) is 0.853. The van der Waals surface area contributed by atoms with Gasteiger partial charge in [-0.1, -0.05) is 25.4 Å². The second-order valence-electron chi connectivity index (χ2n) is 4.82. The molecule has 0 bridgehead atoms. The highest BCUT2D eigenvalue weighted by molar-refractivity contribution is 9.10. The Morgan fingerprint density at radius 1 is 1.38 bits per heavy atom.